The van der Waals surface area contributed by atoms with Crippen LogP contribution in [0.25, 0.3) is 21.9 Å². The first-order valence-electron chi connectivity index (χ1n) is 10.3. The van der Waals surface area contributed by atoms with Gasteiger partial charge < -0.3 is 10.2 Å². The summed E-state index contributed by atoms with van der Waals surface area (Å²) >= 11 is 0. The third kappa shape index (κ3) is 6.83. The van der Waals surface area contributed by atoms with E-state index in [2.05, 4.69) is 10.2 Å². The quantitative estimate of drug-likeness (QED) is 0.151. The Labute approximate surface area is 263 Å². The third-order valence-electron chi connectivity index (χ3n) is 5.57. The van der Waals surface area contributed by atoms with Crippen molar-refractivity contribution >= 4 is 101 Å². The van der Waals surface area contributed by atoms with Crippen LogP contribution in [0, 0.1) is 13.8 Å². The number of fused-ring (bicyclic) bond motifs is 1. The summed E-state index contributed by atoms with van der Waals surface area (Å²) in [6, 6.07) is 14.4. The first-order chi connectivity index (χ1) is 16.8. The Kier molecular flexibility index (Phi) is 10.3. The van der Waals surface area contributed by atoms with Crippen LogP contribution >= 0.6 is 0 Å². The third-order valence-corrected chi connectivity index (χ3v) is 7.28. The van der Waals surface area contributed by atoms with Crippen LogP contribution in [0.5, 0.6) is 11.5 Å². The Morgan fingerprint density at radius 3 is 1.79 bits per heavy atom. The maximum Gasteiger partial charge on any atom is 0.295 e. The van der Waals surface area contributed by atoms with E-state index in [4.69, 9.17) is 0 Å². The molecule has 0 unspecified atom stereocenters. The molecule has 38 heavy (non-hydrogen) atoms. The Morgan fingerprint density at radius 2 is 1.24 bits per heavy atom. The minimum Gasteiger partial charge on any atom is -0.508 e. The van der Waals surface area contributed by atoms with Gasteiger partial charge in [0.25, 0.3) is 20.2 Å². The molecule has 0 aliphatic heterocycles. The Hall–Kier alpha value is -1.84. The van der Waals surface area contributed by atoms with Crippen LogP contribution in [0.2, 0.25) is 0 Å². The predicted molar refractivity (Wildman–Crippen MR) is 144 cm³/mol. The predicted octanol–water partition coefficient (Wildman–Crippen LogP) is 4.68. The van der Waals surface area contributed by atoms with Crippen molar-refractivity contribution in [2.24, 2.45) is 10.2 Å². The van der Waals surface area contributed by atoms with Crippen molar-refractivity contribution in [2.45, 2.75) is 23.6 Å². The molecule has 0 aromatic heterocycles. The second-order valence-electron chi connectivity index (χ2n) is 8.11. The maximum absolute atomic E-state index is 12.0. The van der Waals surface area contributed by atoms with Crippen LogP contribution < -0.4 is 0 Å². The number of benzene rings is 4. The molecule has 2 radical (unpaired) electrons. The average molecular weight is 575 g/mol. The molecule has 4 aromatic rings. The van der Waals surface area contributed by atoms with E-state index in [9.17, 15) is 36.2 Å². The number of nitrogens with zero attached hydrogens (tertiary/aromatic N) is 2. The van der Waals surface area contributed by atoms with Gasteiger partial charge in [0, 0.05) is 64.5 Å². The first-order valence-corrected chi connectivity index (χ1v) is 13.2. The maximum atomic E-state index is 12.0. The van der Waals surface area contributed by atoms with Crippen molar-refractivity contribution in [3.8, 4) is 22.6 Å². The number of aromatic hydroxyl groups is 2. The van der Waals surface area contributed by atoms with Crippen LogP contribution in [-0.4, -0.2) is 95.3 Å². The molecule has 188 valence electrons. The molecule has 0 bridgehead atoms. The van der Waals surface area contributed by atoms with Crippen LogP contribution in [0.4, 0.5) is 11.4 Å². The molecule has 0 saturated carbocycles. The monoisotopic (exact) mass is 574 g/mol. The summed E-state index contributed by atoms with van der Waals surface area (Å²) in [6.45, 7) is 3.56. The number of azo groups is 1. The van der Waals surface area contributed by atoms with Gasteiger partial charge >= 0.3 is 0 Å². The van der Waals surface area contributed by atoms with E-state index >= 15 is 0 Å². The second-order valence-corrected chi connectivity index (χ2v) is 10.9. The van der Waals surface area contributed by atoms with Crippen molar-refractivity contribution in [3.05, 3.63) is 71.8 Å². The molecule has 0 amide bonds. The minimum atomic E-state index is -4.99. The van der Waals surface area contributed by atoms with Gasteiger partial charge in [-0.2, -0.15) is 21.9 Å². The van der Waals surface area contributed by atoms with Gasteiger partial charge in [-0.25, -0.2) is 0 Å². The molecular formula is C24H20N2Na2O8S2. The van der Waals surface area contributed by atoms with E-state index in [1.54, 1.807) is 38.1 Å². The van der Waals surface area contributed by atoms with E-state index < -0.39 is 35.8 Å². The van der Waals surface area contributed by atoms with Crippen LogP contribution in [0.15, 0.2) is 80.7 Å². The van der Waals surface area contributed by atoms with Crippen molar-refractivity contribution in [1.82, 2.24) is 0 Å². The molecule has 0 atom stereocenters. The van der Waals surface area contributed by atoms with Crippen molar-refractivity contribution < 1.29 is 36.2 Å². The molecule has 4 N–H and O–H groups in total. The molecule has 0 fully saturated rings. The van der Waals surface area contributed by atoms with Gasteiger partial charge in [-0.1, -0.05) is 18.2 Å². The molecule has 0 saturated heterocycles. The molecule has 0 heterocycles. The molecule has 10 nitrogen and oxygen atoms in total. The number of rotatable bonds is 5. The van der Waals surface area contributed by atoms with Gasteiger partial charge in [-0.15, -0.1) is 5.11 Å². The zero-order chi connectivity index (χ0) is 26.4. The molecule has 4 aromatic carbocycles. The molecule has 0 aliphatic rings. The summed E-state index contributed by atoms with van der Waals surface area (Å²) in [5.41, 5.74) is 3.22. The summed E-state index contributed by atoms with van der Waals surface area (Å²) in [5, 5.41) is 28.0. The molecular weight excluding hydrogens is 554 g/mol. The number of phenolic OH excluding ortho intramolecular Hbond substituents is 2. The van der Waals surface area contributed by atoms with E-state index in [-0.39, 0.29) is 81.3 Å². The smallest absolute Gasteiger partial charge is 0.295 e. The summed E-state index contributed by atoms with van der Waals surface area (Å²) in [6.07, 6.45) is 0. The minimum absolute atomic E-state index is 0. The second kappa shape index (κ2) is 12.1. The molecule has 0 spiro atoms. The molecule has 14 heteroatoms. The van der Waals surface area contributed by atoms with E-state index in [0.29, 0.717) is 22.9 Å². The molecule has 4 rings (SSSR count). The van der Waals surface area contributed by atoms with E-state index in [1.807, 2.05) is 12.1 Å². The summed E-state index contributed by atoms with van der Waals surface area (Å²) < 4.78 is 66.4. The largest absolute Gasteiger partial charge is 0.508 e. The fourth-order valence-corrected chi connectivity index (χ4v) is 5.08. The van der Waals surface area contributed by atoms with Gasteiger partial charge in [0.15, 0.2) is 0 Å². The summed E-state index contributed by atoms with van der Waals surface area (Å²) in [4.78, 5) is -1.63. The number of hydrogen-bond acceptors (Lipinski definition) is 8. The average Bonchev–Trinajstić information content (AvgIpc) is 2.79. The molecule has 0 aliphatic carbocycles. The summed E-state index contributed by atoms with van der Waals surface area (Å²) in [5.74, 6) is -0.284. The fourth-order valence-electron chi connectivity index (χ4n) is 3.71. The van der Waals surface area contributed by atoms with Crippen LogP contribution in [0.1, 0.15) is 11.1 Å². The Morgan fingerprint density at radius 1 is 0.658 bits per heavy atom. The fraction of sp³-hybridized carbons (Fsp3) is 0.0833. The van der Waals surface area contributed by atoms with Gasteiger partial charge in [-0.05, 0) is 84.0 Å². The van der Waals surface area contributed by atoms with Crippen molar-refractivity contribution in [1.29, 1.82) is 0 Å². The number of phenols is 2. The van der Waals surface area contributed by atoms with E-state index in [0.717, 1.165) is 23.3 Å². The van der Waals surface area contributed by atoms with Crippen LogP contribution in [0.3, 0.4) is 0 Å². The SMILES string of the molecule is Cc1cc(-c2ccc(N=Nc3c(O)ccc4cc(S(=O)(=O)O)cc(S(=O)(=O)O)c34)c(C)c2)ccc1O.[Na].[Na]. The normalized spacial score (nSPS) is 11.8. The zero-order valence-corrected chi connectivity index (χ0v) is 26.5. The Bertz CT molecular complexity index is 1790. The topological polar surface area (TPSA) is 174 Å². The van der Waals surface area contributed by atoms with Gasteiger partial charge in [-0.3, -0.25) is 9.11 Å². The van der Waals surface area contributed by atoms with Gasteiger partial charge in [0.05, 0.1) is 10.6 Å². The zero-order valence-electron chi connectivity index (χ0n) is 20.9. The van der Waals surface area contributed by atoms with Gasteiger partial charge in [0.2, 0.25) is 0 Å². The number of aryl methyl sites for hydroxylation is 2. The van der Waals surface area contributed by atoms with E-state index in [1.165, 1.54) is 6.07 Å². The van der Waals surface area contributed by atoms with Crippen LogP contribution in [-0.2, 0) is 20.2 Å². The Balaban J connectivity index is 0.00000253. The first kappa shape index (κ1) is 32.4. The number of hydrogen-bond donors (Lipinski definition) is 4. The van der Waals surface area contributed by atoms with Gasteiger partial charge in [0.1, 0.15) is 22.1 Å². The van der Waals surface area contributed by atoms with Crippen molar-refractivity contribution in [3.63, 3.8) is 0 Å². The van der Waals surface area contributed by atoms with Crippen molar-refractivity contribution in [2.75, 3.05) is 0 Å². The standard InChI is InChI=1S/C24H20N2O8S2.2Na/c1-13-9-15(16-4-7-20(27)14(2)10-16)3-6-19(13)25-26-24-21(28)8-5-17-11-18(35(29,30)31)12-22(23(17)24)36(32,33)34;;/h3-12,27-28H,1-2H3,(H,29,30,31)(H,32,33,34);;. The summed E-state index contributed by atoms with van der Waals surface area (Å²) in [7, 11) is -9.79.